The van der Waals surface area contributed by atoms with Crippen LogP contribution in [0.1, 0.15) is 42.9 Å². The van der Waals surface area contributed by atoms with E-state index in [1.165, 1.54) is 11.1 Å². The number of fused-ring (bicyclic) bond motifs is 4. The minimum absolute atomic E-state index is 0.0773. The first-order chi connectivity index (χ1) is 16.5. The first-order valence-electron chi connectivity index (χ1n) is 11.9. The van der Waals surface area contributed by atoms with E-state index in [4.69, 9.17) is 16.0 Å². The number of nitrogens with two attached hydrogens (primary N) is 2. The standard InChI is InChI=1S/C23H28N6O4S/c24-9-14-5-13-7-20(13)28(14)22(30)18(25)11-27-10-15-8-21(27)23(31)29(15)19-4-1-12-6-16(34-33-32-26)2-3-17(12)19/h2-3,6,13-15,18-21H,1,4-5,7-8,10-11,25-26H2/t13-,14+,15?,18+,19+,20+,21-/m1/s1. The van der Waals surface area contributed by atoms with Crippen molar-refractivity contribution in [1.82, 2.24) is 14.7 Å². The van der Waals surface area contributed by atoms with Crippen LogP contribution in [0.3, 0.4) is 0 Å². The second-order valence-corrected chi connectivity index (χ2v) is 10.8. The number of nitrogens with zero attached hydrogens (tertiary/aromatic N) is 4. The minimum Gasteiger partial charge on any atom is -0.330 e. The van der Waals surface area contributed by atoms with Crippen molar-refractivity contribution in [3.05, 3.63) is 29.3 Å². The molecule has 1 saturated carbocycles. The van der Waals surface area contributed by atoms with Gasteiger partial charge in [-0.2, -0.15) is 11.2 Å². The van der Waals surface area contributed by atoms with Gasteiger partial charge in [-0.3, -0.25) is 14.5 Å². The normalized spacial score (nSPS) is 34.3. The van der Waals surface area contributed by atoms with E-state index in [-0.39, 0.29) is 42.0 Å². The summed E-state index contributed by atoms with van der Waals surface area (Å²) in [6.45, 7) is 1.09. The van der Waals surface area contributed by atoms with E-state index in [1.54, 1.807) is 4.90 Å². The molecule has 1 unspecified atom stereocenters. The number of carbonyl (C=O) groups excluding carboxylic acids is 2. The Hall–Kier alpha value is -2.20. The third-order valence-corrected chi connectivity index (χ3v) is 8.83. The highest BCUT2D eigenvalue weighted by atomic mass is 32.2. The molecule has 1 aromatic carbocycles. The van der Waals surface area contributed by atoms with E-state index in [9.17, 15) is 14.9 Å². The molecule has 2 amide bonds. The molecule has 2 aliphatic carbocycles. The predicted octanol–water partition coefficient (Wildman–Crippen LogP) is 0.628. The van der Waals surface area contributed by atoms with Crippen molar-refractivity contribution in [1.29, 1.82) is 5.26 Å². The highest BCUT2D eigenvalue weighted by Gasteiger charge is 2.56. The average Bonchev–Trinajstić information content (AvgIpc) is 3.17. The Balaban J connectivity index is 1.10. The van der Waals surface area contributed by atoms with Gasteiger partial charge >= 0.3 is 0 Å². The van der Waals surface area contributed by atoms with Gasteiger partial charge in [0.05, 0.1) is 36.2 Å². The summed E-state index contributed by atoms with van der Waals surface area (Å²) in [4.78, 5) is 37.4. The number of piperazine rings is 1. The second kappa shape index (κ2) is 8.48. The summed E-state index contributed by atoms with van der Waals surface area (Å²) >= 11 is 1.06. The van der Waals surface area contributed by atoms with Crippen molar-refractivity contribution in [3.63, 3.8) is 0 Å². The number of aryl methyl sites for hydroxylation is 1. The number of likely N-dealkylation sites (tertiary alicyclic amines) is 3. The van der Waals surface area contributed by atoms with Gasteiger partial charge in [0.25, 0.3) is 0 Å². The van der Waals surface area contributed by atoms with Gasteiger partial charge in [-0.05, 0) is 61.3 Å². The van der Waals surface area contributed by atoms with E-state index in [1.807, 2.05) is 6.07 Å². The highest BCUT2D eigenvalue weighted by molar-refractivity contribution is 7.94. The molecule has 4 N–H and O–H groups in total. The third-order valence-electron chi connectivity index (χ3n) is 8.24. The Morgan fingerprint density at radius 1 is 1.29 bits per heavy atom. The molecule has 0 spiro atoms. The van der Waals surface area contributed by atoms with Crippen LogP contribution in [0.15, 0.2) is 23.1 Å². The molecule has 1 aromatic rings. The lowest BCUT2D eigenvalue weighted by atomic mass is 10.1. The SMILES string of the molecule is N#C[C@@H]1C[C@@H]2C[C@@H]2N1C(=O)[C@@H](N)CN1CC2C[C@@H]1C(=O)N2[C@H]1CCc2cc(SOON)ccc21. The van der Waals surface area contributed by atoms with Gasteiger partial charge in [-0.15, -0.1) is 9.32 Å². The van der Waals surface area contributed by atoms with Crippen LogP contribution in [0.5, 0.6) is 0 Å². The van der Waals surface area contributed by atoms with Gasteiger partial charge in [-0.25, -0.2) is 0 Å². The van der Waals surface area contributed by atoms with Crippen LogP contribution in [0.4, 0.5) is 0 Å². The van der Waals surface area contributed by atoms with Crippen molar-refractivity contribution in [2.75, 3.05) is 13.1 Å². The van der Waals surface area contributed by atoms with E-state index < -0.39 is 6.04 Å². The minimum atomic E-state index is -0.710. The van der Waals surface area contributed by atoms with E-state index in [2.05, 4.69) is 33.0 Å². The molecule has 0 radical (unpaired) electrons. The average molecular weight is 485 g/mol. The van der Waals surface area contributed by atoms with Crippen molar-refractivity contribution >= 4 is 23.9 Å². The zero-order valence-corrected chi connectivity index (χ0v) is 19.5. The largest absolute Gasteiger partial charge is 0.330 e. The Morgan fingerprint density at radius 2 is 2.15 bits per heavy atom. The molecule has 34 heavy (non-hydrogen) atoms. The summed E-state index contributed by atoms with van der Waals surface area (Å²) in [5.41, 5.74) is 8.73. The first kappa shape index (κ1) is 22.3. The Labute approximate surface area is 202 Å². The summed E-state index contributed by atoms with van der Waals surface area (Å²) in [5, 5.41) is 9.40. The van der Waals surface area contributed by atoms with Crippen LogP contribution < -0.4 is 11.6 Å². The quantitative estimate of drug-likeness (QED) is 0.324. The van der Waals surface area contributed by atoms with Gasteiger partial charge in [0.15, 0.2) is 0 Å². The Kier molecular flexibility index (Phi) is 5.55. The summed E-state index contributed by atoms with van der Waals surface area (Å²) in [7, 11) is 0. The van der Waals surface area contributed by atoms with Crippen LogP contribution in [0.25, 0.3) is 0 Å². The van der Waals surface area contributed by atoms with Crippen molar-refractivity contribution < 1.29 is 18.9 Å². The molecule has 10 nitrogen and oxygen atoms in total. The molecule has 5 aliphatic rings. The number of carbonyl (C=O) groups is 2. The number of hydrogen-bond acceptors (Lipinski definition) is 9. The number of amides is 2. The molecule has 7 atom stereocenters. The van der Waals surface area contributed by atoms with Crippen molar-refractivity contribution in [2.45, 2.75) is 73.3 Å². The van der Waals surface area contributed by atoms with E-state index >= 15 is 0 Å². The van der Waals surface area contributed by atoms with Crippen molar-refractivity contribution in [2.24, 2.45) is 17.5 Å². The molecule has 0 aromatic heterocycles. The number of benzene rings is 1. The second-order valence-electron chi connectivity index (χ2n) is 10.1. The molecule has 3 heterocycles. The number of nitriles is 1. The zero-order chi connectivity index (χ0) is 23.6. The van der Waals surface area contributed by atoms with Crippen LogP contribution >= 0.6 is 12.0 Å². The van der Waals surface area contributed by atoms with E-state index in [0.717, 1.165) is 55.6 Å². The molecule has 3 saturated heterocycles. The molecule has 180 valence electrons. The summed E-state index contributed by atoms with van der Waals surface area (Å²) in [5.74, 6) is 5.37. The fraction of sp³-hybridized carbons (Fsp3) is 0.609. The van der Waals surface area contributed by atoms with E-state index in [0.29, 0.717) is 12.5 Å². The highest BCUT2D eigenvalue weighted by Crippen LogP contribution is 2.48. The molecular formula is C23H28N6O4S. The maximum Gasteiger partial charge on any atom is 0.242 e. The Morgan fingerprint density at radius 3 is 2.91 bits per heavy atom. The Bertz CT molecular complexity index is 1060. The fourth-order valence-corrected chi connectivity index (χ4v) is 7.11. The monoisotopic (exact) mass is 484 g/mol. The smallest absolute Gasteiger partial charge is 0.242 e. The molecular weight excluding hydrogens is 456 g/mol. The summed E-state index contributed by atoms with van der Waals surface area (Å²) in [6.07, 6.45) is 4.32. The van der Waals surface area contributed by atoms with Gasteiger partial charge in [0.1, 0.15) is 6.04 Å². The molecule has 2 bridgehead atoms. The van der Waals surface area contributed by atoms with Crippen LogP contribution in [0.2, 0.25) is 0 Å². The van der Waals surface area contributed by atoms with Crippen LogP contribution in [-0.4, -0.2) is 69.8 Å². The number of hydrogen-bond donors (Lipinski definition) is 2. The lowest BCUT2D eigenvalue weighted by Gasteiger charge is -2.38. The van der Waals surface area contributed by atoms with Crippen LogP contribution in [-0.2, 0) is 25.3 Å². The molecule has 4 fully saturated rings. The number of rotatable bonds is 7. The molecule has 3 aliphatic heterocycles. The topological polar surface area (TPSA) is 138 Å². The summed E-state index contributed by atoms with van der Waals surface area (Å²) < 4.78 is 4.75. The number of piperidine rings is 1. The maximum atomic E-state index is 13.4. The van der Waals surface area contributed by atoms with Crippen molar-refractivity contribution in [3.8, 4) is 6.07 Å². The maximum absolute atomic E-state index is 13.4. The van der Waals surface area contributed by atoms with Crippen LogP contribution in [0, 0.1) is 17.2 Å². The summed E-state index contributed by atoms with van der Waals surface area (Å²) in [6, 6.07) is 7.43. The molecule has 6 rings (SSSR count). The lowest BCUT2D eigenvalue weighted by Crippen LogP contribution is -2.57. The lowest BCUT2D eigenvalue weighted by molar-refractivity contribution is -0.195. The third kappa shape index (κ3) is 3.52. The zero-order valence-electron chi connectivity index (χ0n) is 18.7. The van der Waals surface area contributed by atoms with Gasteiger partial charge < -0.3 is 15.5 Å². The molecule has 11 heteroatoms. The predicted molar refractivity (Wildman–Crippen MR) is 121 cm³/mol. The van der Waals surface area contributed by atoms with Gasteiger partial charge in [0, 0.05) is 30.1 Å². The first-order valence-corrected chi connectivity index (χ1v) is 12.6. The van der Waals surface area contributed by atoms with Gasteiger partial charge in [-0.1, -0.05) is 6.07 Å². The fourth-order valence-electron chi connectivity index (χ4n) is 6.68. The van der Waals surface area contributed by atoms with Gasteiger partial charge in [0.2, 0.25) is 11.8 Å².